The van der Waals surface area contributed by atoms with Crippen LogP contribution in [0.25, 0.3) is 0 Å². The van der Waals surface area contributed by atoms with Crippen molar-refractivity contribution < 1.29 is 56.9 Å². The molecule has 4 aliphatic rings. The first kappa shape index (κ1) is 29.8. The van der Waals surface area contributed by atoms with Gasteiger partial charge in [0.05, 0.1) is 0 Å². The van der Waals surface area contributed by atoms with Crippen molar-refractivity contribution in [1.82, 2.24) is 0 Å². The summed E-state index contributed by atoms with van der Waals surface area (Å²) in [7, 11) is 0. The number of carboxylic acids is 1. The number of esters is 1. The molecule has 0 aliphatic heterocycles. The summed E-state index contributed by atoms with van der Waals surface area (Å²) in [6.45, 7) is 12.0. The van der Waals surface area contributed by atoms with Crippen molar-refractivity contribution in [3.8, 4) is 0 Å². The van der Waals surface area contributed by atoms with E-state index in [0.717, 1.165) is 29.6 Å². The van der Waals surface area contributed by atoms with Crippen LogP contribution in [0.4, 0.5) is 0 Å². The number of hydrogen-bond acceptors (Lipinski definition) is 4. The molecule has 8 unspecified atom stereocenters. The van der Waals surface area contributed by atoms with Crippen LogP contribution in [-0.2, 0) is 51.8 Å². The Kier molecular flexibility index (Phi) is 10.3. The van der Waals surface area contributed by atoms with E-state index in [2.05, 4.69) is 25.5 Å². The molecule has 0 amide bonds. The average molecular weight is 551 g/mol. The molecule has 4 saturated carbocycles. The number of rotatable bonds is 4. The molecule has 4 rings (SSSR count). The Hall–Kier alpha value is -0.416. The molecule has 0 aromatic heterocycles. The number of carboxylic acid groups (broad SMARTS) is 1. The van der Waals surface area contributed by atoms with Crippen LogP contribution in [0.1, 0.15) is 99.3 Å². The second-order valence-corrected chi connectivity index (χ2v) is 12.3. The van der Waals surface area contributed by atoms with Gasteiger partial charge in [0.1, 0.15) is 5.78 Å². The Labute approximate surface area is 231 Å². The molecule has 1 radical (unpaired) electrons. The summed E-state index contributed by atoms with van der Waals surface area (Å²) in [5.74, 6) is 4.23. The molecular weight excluding hydrogens is 505 g/mol. The Bertz CT molecular complexity index is 751. The van der Waals surface area contributed by atoms with Gasteiger partial charge in [0, 0.05) is 38.6 Å². The van der Waals surface area contributed by atoms with Crippen LogP contribution in [0.3, 0.4) is 0 Å². The van der Waals surface area contributed by atoms with E-state index in [4.69, 9.17) is 5.11 Å². The Morgan fingerprint density at radius 2 is 1.56 bits per heavy atom. The molecule has 0 heterocycles. The summed E-state index contributed by atoms with van der Waals surface area (Å²) in [6, 6.07) is 0. The molecule has 4 fully saturated rings. The molecule has 34 heavy (non-hydrogen) atoms. The quantitative estimate of drug-likeness (QED) is 0.338. The maximum absolute atomic E-state index is 12.2. The second-order valence-electron chi connectivity index (χ2n) is 12.3. The van der Waals surface area contributed by atoms with Crippen LogP contribution < -0.4 is 0 Å². The van der Waals surface area contributed by atoms with Gasteiger partial charge in [-0.25, -0.2) is 4.79 Å². The van der Waals surface area contributed by atoms with Gasteiger partial charge in [0.25, 0.3) is 0 Å². The summed E-state index contributed by atoms with van der Waals surface area (Å²) in [5, 5.41) is 8.06. The number of fused-ring (bicyclic) bond motifs is 5. The normalized spacial score (nSPS) is 40.2. The Balaban J connectivity index is 0.000000320. The van der Waals surface area contributed by atoms with Crippen LogP contribution in [0, 0.1) is 52.3 Å². The minimum absolute atomic E-state index is 0. The minimum atomic E-state index is -1.14. The molecule has 0 bridgehead atoms. The molecule has 191 valence electrons. The molecule has 6 heteroatoms. The maximum Gasteiger partial charge on any atom is 0.341 e. The van der Waals surface area contributed by atoms with Crippen LogP contribution in [0.5, 0.6) is 0 Å². The fraction of sp³-hybridized carbons (Fsp3) is 0.857. The maximum atomic E-state index is 12.2. The third kappa shape index (κ3) is 5.93. The van der Waals surface area contributed by atoms with Crippen molar-refractivity contribution in [3.05, 3.63) is 5.92 Å². The van der Waals surface area contributed by atoms with Gasteiger partial charge < -0.3 is 9.84 Å². The summed E-state index contributed by atoms with van der Waals surface area (Å²) >= 11 is 0. The van der Waals surface area contributed by atoms with Crippen molar-refractivity contribution in [2.24, 2.45) is 46.3 Å². The third-order valence-corrected chi connectivity index (χ3v) is 10.2. The molecule has 4 aliphatic carbocycles. The average Bonchev–Trinajstić information content (AvgIpc) is 3.10. The number of Topliss-reactive ketones (excluding diaryl/α,β-unsaturated/α-hetero) is 1. The number of aliphatic carboxylic acids is 1. The van der Waals surface area contributed by atoms with Gasteiger partial charge >= 0.3 is 5.97 Å². The number of ether oxygens (including phenoxy) is 1. The standard InChI is InChI=1S/C22H36O.C6H9O4.Y/c1-14-9-11-21(3)16(13-14)5-6-17-19-8-7-18(15(2)23)22(19,4)12-10-20(17)21;1-4(2)6(9)10-3-5(7)8;/h14,16-20H,5-13H2,1-4H3;3H2,1-2H3,(H,7,8);/q;-1;. The monoisotopic (exact) mass is 550 g/mol. The van der Waals surface area contributed by atoms with E-state index < -0.39 is 18.5 Å². The zero-order chi connectivity index (χ0) is 24.6. The zero-order valence-corrected chi connectivity index (χ0v) is 25.0. The Morgan fingerprint density at radius 3 is 2.15 bits per heavy atom. The smallest absolute Gasteiger partial charge is 0.341 e. The Morgan fingerprint density at radius 1 is 0.941 bits per heavy atom. The third-order valence-electron chi connectivity index (χ3n) is 10.2. The number of carbonyl (C=O) groups excluding carboxylic acids is 2. The van der Waals surface area contributed by atoms with Crippen LogP contribution in [-0.4, -0.2) is 29.4 Å². The van der Waals surface area contributed by atoms with E-state index in [9.17, 15) is 14.4 Å². The fourth-order valence-electron chi connectivity index (χ4n) is 8.41. The molecule has 8 atom stereocenters. The molecular formula is C28H45O5Y-. The van der Waals surface area contributed by atoms with Crippen LogP contribution in [0.2, 0.25) is 0 Å². The largest absolute Gasteiger partial charge is 0.479 e. The van der Waals surface area contributed by atoms with Gasteiger partial charge in [0.2, 0.25) is 0 Å². The van der Waals surface area contributed by atoms with Gasteiger partial charge in [-0.2, -0.15) is 13.8 Å². The SMILES string of the molecule is CC(=O)C1CCC2C3CCC4CC(C)CCC4(C)C3CCC12C.C[C-](C)C(=O)OCC(=O)O.[Y]. The topological polar surface area (TPSA) is 80.7 Å². The first-order valence-electron chi connectivity index (χ1n) is 13.1. The fourth-order valence-corrected chi connectivity index (χ4v) is 8.41. The van der Waals surface area contributed by atoms with Crippen LogP contribution >= 0.6 is 0 Å². The van der Waals surface area contributed by atoms with Crippen molar-refractivity contribution in [3.63, 3.8) is 0 Å². The molecule has 0 aromatic rings. The summed E-state index contributed by atoms with van der Waals surface area (Å²) in [5.41, 5.74) is 0.948. The number of carbonyl (C=O) groups is 3. The summed E-state index contributed by atoms with van der Waals surface area (Å²) in [6.07, 6.45) is 12.6. The summed E-state index contributed by atoms with van der Waals surface area (Å²) < 4.78 is 4.29. The molecule has 0 spiro atoms. The van der Waals surface area contributed by atoms with E-state index in [1.807, 2.05) is 6.92 Å². The predicted molar refractivity (Wildman–Crippen MR) is 128 cm³/mol. The van der Waals surface area contributed by atoms with Gasteiger partial charge in [-0.1, -0.05) is 27.2 Å². The molecule has 5 nitrogen and oxygen atoms in total. The second kappa shape index (κ2) is 11.8. The molecule has 0 aromatic carbocycles. The number of hydrogen-bond donors (Lipinski definition) is 1. The predicted octanol–water partition coefficient (Wildman–Crippen LogP) is 6.10. The molecule has 0 saturated heterocycles. The molecule has 1 N–H and O–H groups in total. The van der Waals surface area contributed by atoms with E-state index in [-0.39, 0.29) is 32.7 Å². The van der Waals surface area contributed by atoms with E-state index >= 15 is 0 Å². The minimum Gasteiger partial charge on any atom is -0.479 e. The van der Waals surface area contributed by atoms with Crippen molar-refractivity contribution in [2.75, 3.05) is 6.61 Å². The first-order chi connectivity index (χ1) is 15.4. The summed E-state index contributed by atoms with van der Waals surface area (Å²) in [4.78, 5) is 32.6. The van der Waals surface area contributed by atoms with E-state index in [1.165, 1.54) is 57.8 Å². The van der Waals surface area contributed by atoms with E-state index in [1.54, 1.807) is 13.8 Å². The van der Waals surface area contributed by atoms with Gasteiger partial charge in [-0.3, -0.25) is 15.5 Å². The van der Waals surface area contributed by atoms with Crippen molar-refractivity contribution in [1.29, 1.82) is 0 Å². The van der Waals surface area contributed by atoms with Crippen molar-refractivity contribution >= 4 is 17.7 Å². The van der Waals surface area contributed by atoms with Gasteiger partial charge in [-0.05, 0) is 98.7 Å². The van der Waals surface area contributed by atoms with E-state index in [0.29, 0.717) is 28.4 Å². The van der Waals surface area contributed by atoms with Crippen molar-refractivity contribution in [2.45, 2.75) is 99.3 Å². The van der Waals surface area contributed by atoms with Crippen LogP contribution in [0.15, 0.2) is 0 Å². The first-order valence-corrected chi connectivity index (χ1v) is 13.1. The number of ketones is 1. The van der Waals surface area contributed by atoms with Gasteiger partial charge in [0.15, 0.2) is 12.6 Å². The van der Waals surface area contributed by atoms with Gasteiger partial charge in [-0.15, -0.1) is 0 Å². The zero-order valence-electron chi connectivity index (χ0n) is 22.2.